The summed E-state index contributed by atoms with van der Waals surface area (Å²) in [6.07, 6.45) is 3.48. The molecule has 1 N–H and O–H groups in total. The fourth-order valence-electron chi connectivity index (χ4n) is 2.78. The fraction of sp³-hybridized carbons (Fsp3) is 0.500. The van der Waals surface area contributed by atoms with Crippen LogP contribution in [0.5, 0.6) is 0 Å². The van der Waals surface area contributed by atoms with Gasteiger partial charge in [-0.25, -0.2) is 0 Å². The van der Waals surface area contributed by atoms with Crippen LogP contribution in [0.2, 0.25) is 0 Å². The van der Waals surface area contributed by atoms with E-state index in [2.05, 4.69) is 11.0 Å². The molecule has 108 valence electrons. The maximum Gasteiger partial charge on any atom is 0.219 e. The number of nitrogens with zero attached hydrogens (tertiary/aromatic N) is 2. The second-order valence-corrected chi connectivity index (χ2v) is 5.48. The van der Waals surface area contributed by atoms with Crippen molar-refractivity contribution in [3.63, 3.8) is 0 Å². The van der Waals surface area contributed by atoms with Crippen LogP contribution in [0.25, 0.3) is 0 Å². The smallest absolute Gasteiger partial charge is 0.219 e. The van der Waals surface area contributed by atoms with Crippen molar-refractivity contribution in [2.24, 2.45) is 0 Å². The Hall–Kier alpha value is -1.68. The zero-order valence-electron chi connectivity index (χ0n) is 12.3. The van der Waals surface area contributed by atoms with Gasteiger partial charge in [-0.1, -0.05) is 24.3 Å². The lowest BCUT2D eigenvalue weighted by molar-refractivity contribution is -0.130. The molecule has 1 aliphatic heterocycles. The molecule has 1 amide bonds. The molecule has 1 aromatic rings. The van der Waals surface area contributed by atoms with Gasteiger partial charge >= 0.3 is 0 Å². The Morgan fingerprint density at radius 3 is 2.65 bits per heavy atom. The molecule has 0 radical (unpaired) electrons. The molecule has 0 atom stereocenters. The van der Waals surface area contributed by atoms with Gasteiger partial charge < -0.3 is 10.3 Å². The Balaban J connectivity index is 1.91. The molecule has 2 rings (SSSR count). The SMILES string of the molecule is CC(=O)N(C)C1CCN(Cc2ccccc2C=N)CC1. The average Bonchev–Trinajstić information content (AvgIpc) is 2.48. The zero-order chi connectivity index (χ0) is 14.5. The first-order valence-corrected chi connectivity index (χ1v) is 7.16. The number of nitrogens with one attached hydrogen (secondary N) is 1. The van der Waals surface area contributed by atoms with E-state index in [9.17, 15) is 4.79 Å². The molecule has 0 unspecified atom stereocenters. The van der Waals surface area contributed by atoms with E-state index in [4.69, 9.17) is 5.41 Å². The third kappa shape index (κ3) is 3.45. The first-order valence-electron chi connectivity index (χ1n) is 7.16. The van der Waals surface area contributed by atoms with Gasteiger partial charge in [0.2, 0.25) is 5.91 Å². The van der Waals surface area contributed by atoms with Gasteiger partial charge in [0.05, 0.1) is 0 Å². The predicted octanol–water partition coefficient (Wildman–Crippen LogP) is 2.13. The number of hydrogen-bond acceptors (Lipinski definition) is 3. The van der Waals surface area contributed by atoms with Crippen LogP contribution in [-0.4, -0.2) is 48.1 Å². The molecule has 1 aliphatic rings. The molecule has 1 saturated heterocycles. The number of rotatable bonds is 4. The van der Waals surface area contributed by atoms with E-state index in [1.165, 1.54) is 11.8 Å². The minimum absolute atomic E-state index is 0.151. The monoisotopic (exact) mass is 273 g/mol. The summed E-state index contributed by atoms with van der Waals surface area (Å²) in [5, 5.41) is 7.45. The van der Waals surface area contributed by atoms with E-state index in [0.717, 1.165) is 38.0 Å². The Morgan fingerprint density at radius 1 is 1.40 bits per heavy atom. The summed E-state index contributed by atoms with van der Waals surface area (Å²) in [5.74, 6) is 0.151. The third-order valence-electron chi connectivity index (χ3n) is 4.21. The molecule has 20 heavy (non-hydrogen) atoms. The molecular weight excluding hydrogens is 250 g/mol. The number of carbonyl (C=O) groups excluding carboxylic acids is 1. The van der Waals surface area contributed by atoms with E-state index in [0.29, 0.717) is 6.04 Å². The molecule has 0 saturated carbocycles. The van der Waals surface area contributed by atoms with Gasteiger partial charge in [0.25, 0.3) is 0 Å². The summed E-state index contributed by atoms with van der Waals surface area (Å²) in [6.45, 7) is 4.54. The van der Waals surface area contributed by atoms with Crippen LogP contribution >= 0.6 is 0 Å². The summed E-state index contributed by atoms with van der Waals surface area (Å²) in [7, 11) is 1.90. The Morgan fingerprint density at radius 2 is 2.05 bits per heavy atom. The van der Waals surface area contributed by atoms with Crippen molar-refractivity contribution < 1.29 is 4.79 Å². The van der Waals surface area contributed by atoms with Gasteiger partial charge in [-0.05, 0) is 24.0 Å². The average molecular weight is 273 g/mol. The first-order chi connectivity index (χ1) is 9.61. The number of benzene rings is 1. The van der Waals surface area contributed by atoms with Crippen molar-refractivity contribution >= 4 is 12.1 Å². The van der Waals surface area contributed by atoms with E-state index >= 15 is 0 Å². The number of piperidine rings is 1. The van der Waals surface area contributed by atoms with Crippen LogP contribution in [0.3, 0.4) is 0 Å². The highest BCUT2D eigenvalue weighted by molar-refractivity contribution is 5.79. The van der Waals surface area contributed by atoms with Crippen molar-refractivity contribution in [1.29, 1.82) is 5.41 Å². The fourth-order valence-corrected chi connectivity index (χ4v) is 2.78. The van der Waals surface area contributed by atoms with Crippen molar-refractivity contribution in [1.82, 2.24) is 9.80 Å². The lowest BCUT2D eigenvalue weighted by Crippen LogP contribution is -2.44. The number of carbonyl (C=O) groups is 1. The normalized spacial score (nSPS) is 16.9. The van der Waals surface area contributed by atoms with Gasteiger partial charge in [0.1, 0.15) is 0 Å². The highest BCUT2D eigenvalue weighted by Gasteiger charge is 2.23. The van der Waals surface area contributed by atoms with Crippen LogP contribution in [-0.2, 0) is 11.3 Å². The van der Waals surface area contributed by atoms with Crippen LogP contribution < -0.4 is 0 Å². The molecule has 1 aromatic carbocycles. The molecule has 1 fully saturated rings. The maximum absolute atomic E-state index is 11.4. The number of hydrogen-bond donors (Lipinski definition) is 1. The quantitative estimate of drug-likeness (QED) is 0.854. The standard InChI is InChI=1S/C16H23N3O/c1-13(20)18(2)16-7-9-19(10-8-16)12-15-6-4-3-5-14(15)11-17/h3-6,11,16-17H,7-10,12H2,1-2H3. The lowest BCUT2D eigenvalue weighted by Gasteiger charge is -2.36. The van der Waals surface area contributed by atoms with Crippen molar-refractivity contribution in [2.75, 3.05) is 20.1 Å². The summed E-state index contributed by atoms with van der Waals surface area (Å²) in [4.78, 5) is 15.7. The van der Waals surface area contributed by atoms with Crippen LogP contribution in [0, 0.1) is 5.41 Å². The Labute approximate surface area is 120 Å². The van der Waals surface area contributed by atoms with Crippen molar-refractivity contribution in [3.8, 4) is 0 Å². The predicted molar refractivity (Wildman–Crippen MR) is 81.1 cm³/mol. The molecule has 1 heterocycles. The second kappa shape index (κ2) is 6.66. The first kappa shape index (κ1) is 14.7. The van der Waals surface area contributed by atoms with Crippen LogP contribution in [0.15, 0.2) is 24.3 Å². The zero-order valence-corrected chi connectivity index (χ0v) is 12.3. The molecule has 4 nitrogen and oxygen atoms in total. The van der Waals surface area contributed by atoms with Gasteiger partial charge in [-0.2, -0.15) is 0 Å². The van der Waals surface area contributed by atoms with Crippen molar-refractivity contribution in [3.05, 3.63) is 35.4 Å². The molecule has 0 aromatic heterocycles. The Bertz CT molecular complexity index is 478. The molecule has 0 bridgehead atoms. The molecule has 4 heteroatoms. The summed E-state index contributed by atoms with van der Waals surface area (Å²) in [6, 6.07) is 8.45. The van der Waals surface area contributed by atoms with Crippen LogP contribution in [0.1, 0.15) is 30.9 Å². The van der Waals surface area contributed by atoms with E-state index < -0.39 is 0 Å². The summed E-state index contributed by atoms with van der Waals surface area (Å²) < 4.78 is 0. The second-order valence-electron chi connectivity index (χ2n) is 5.48. The highest BCUT2D eigenvalue weighted by atomic mass is 16.2. The van der Waals surface area contributed by atoms with E-state index in [1.807, 2.05) is 30.1 Å². The minimum Gasteiger partial charge on any atom is -0.343 e. The molecule has 0 aliphatic carbocycles. The number of likely N-dealkylation sites (tertiary alicyclic amines) is 1. The van der Waals surface area contributed by atoms with Crippen molar-refractivity contribution in [2.45, 2.75) is 32.4 Å². The topological polar surface area (TPSA) is 47.4 Å². The van der Waals surface area contributed by atoms with E-state index in [1.54, 1.807) is 6.92 Å². The summed E-state index contributed by atoms with van der Waals surface area (Å²) in [5.41, 5.74) is 2.20. The van der Waals surface area contributed by atoms with E-state index in [-0.39, 0.29) is 5.91 Å². The Kier molecular flexibility index (Phi) is 4.90. The van der Waals surface area contributed by atoms with Gasteiger partial charge in [-0.15, -0.1) is 0 Å². The maximum atomic E-state index is 11.4. The highest BCUT2D eigenvalue weighted by Crippen LogP contribution is 2.18. The van der Waals surface area contributed by atoms with Gasteiger partial charge in [-0.3, -0.25) is 9.69 Å². The van der Waals surface area contributed by atoms with Crippen LogP contribution in [0.4, 0.5) is 0 Å². The third-order valence-corrected chi connectivity index (χ3v) is 4.21. The summed E-state index contributed by atoms with van der Waals surface area (Å²) >= 11 is 0. The minimum atomic E-state index is 0.151. The van der Waals surface area contributed by atoms with Gasteiger partial charge in [0, 0.05) is 45.9 Å². The number of amides is 1. The van der Waals surface area contributed by atoms with Gasteiger partial charge in [0.15, 0.2) is 0 Å². The largest absolute Gasteiger partial charge is 0.343 e. The lowest BCUT2D eigenvalue weighted by atomic mass is 10.0. The molecular formula is C16H23N3O. The molecule has 0 spiro atoms.